The van der Waals surface area contributed by atoms with Crippen LogP contribution in [0.5, 0.6) is 5.75 Å². The Morgan fingerprint density at radius 3 is 2.48 bits per heavy atom. The number of benzene rings is 2. The maximum Gasteiger partial charge on any atom is 0.332 e. The summed E-state index contributed by atoms with van der Waals surface area (Å²) in [5.41, 5.74) is -0.644. The zero-order valence-corrected chi connectivity index (χ0v) is 14.0. The lowest BCUT2D eigenvalue weighted by Crippen LogP contribution is -2.18. The van der Waals surface area contributed by atoms with Crippen molar-refractivity contribution in [1.29, 1.82) is 0 Å². The second-order valence-corrected chi connectivity index (χ2v) is 5.98. The third-order valence-electron chi connectivity index (χ3n) is 4.34. The van der Waals surface area contributed by atoms with Gasteiger partial charge in [0.25, 0.3) is 5.91 Å². The number of methoxy groups -OCH3 is 1. The van der Waals surface area contributed by atoms with Crippen LogP contribution in [-0.4, -0.2) is 24.0 Å². The van der Waals surface area contributed by atoms with Gasteiger partial charge in [-0.1, -0.05) is 18.2 Å². The van der Waals surface area contributed by atoms with Crippen molar-refractivity contribution in [3.05, 3.63) is 59.2 Å². The van der Waals surface area contributed by atoms with Gasteiger partial charge in [0.15, 0.2) is 0 Å². The summed E-state index contributed by atoms with van der Waals surface area (Å²) in [7, 11) is -2.75. The van der Waals surface area contributed by atoms with Crippen LogP contribution in [0.1, 0.15) is 23.4 Å². The van der Waals surface area contributed by atoms with Gasteiger partial charge in [0.1, 0.15) is 23.1 Å². The summed E-state index contributed by atoms with van der Waals surface area (Å²) >= 11 is 0. The van der Waals surface area contributed by atoms with Crippen molar-refractivity contribution in [2.24, 2.45) is 0 Å². The van der Waals surface area contributed by atoms with Crippen molar-refractivity contribution < 1.29 is 32.3 Å². The fourth-order valence-electron chi connectivity index (χ4n) is 3.06. The summed E-state index contributed by atoms with van der Waals surface area (Å²) in [5.74, 6) is -4.40. The molecule has 0 aliphatic heterocycles. The van der Waals surface area contributed by atoms with Gasteiger partial charge in [0.05, 0.1) is 11.2 Å². The van der Waals surface area contributed by atoms with E-state index in [-0.39, 0.29) is 40.9 Å². The molecule has 7 heteroatoms. The Kier molecular flexibility index (Phi) is 4.18. The van der Waals surface area contributed by atoms with E-state index in [0.717, 1.165) is 12.1 Å². The quantitative estimate of drug-likeness (QED) is 0.822. The monoisotopic (exact) mass is 376 g/mol. The number of carboxylic acid groups (broad SMARTS) is 1. The van der Waals surface area contributed by atoms with E-state index in [9.17, 15) is 18.4 Å². The highest BCUT2D eigenvalue weighted by atomic mass is 19.1. The van der Waals surface area contributed by atoms with E-state index in [0.29, 0.717) is 6.42 Å². The standard InChI is InChI=1S/C20H17F2NO4/c1-27-17-8-3-2-5-12(17)11-9-15(21)18(16(22)10-11)23-19(24)13-6-4-7-14(13)20(25)26/h2-3,5,8-10H,4,6-7H2,1H3,(H,23,24)(H,25,26)/i1D3. The Morgan fingerprint density at radius 1 is 1.15 bits per heavy atom. The number of rotatable bonds is 5. The summed E-state index contributed by atoms with van der Waals surface area (Å²) in [6, 6.07) is 7.72. The van der Waals surface area contributed by atoms with Gasteiger partial charge in [-0.05, 0) is 43.0 Å². The van der Waals surface area contributed by atoms with Gasteiger partial charge in [-0.15, -0.1) is 0 Å². The molecule has 140 valence electrons. The molecule has 2 aromatic rings. The first-order chi connectivity index (χ1) is 14.1. The third-order valence-corrected chi connectivity index (χ3v) is 4.34. The maximum absolute atomic E-state index is 14.6. The normalized spacial score (nSPS) is 15.7. The molecule has 1 amide bonds. The molecule has 0 unspecified atom stereocenters. The predicted octanol–water partition coefficient (Wildman–Crippen LogP) is 4.14. The number of ether oxygens (including phenoxy) is 1. The molecular formula is C20H17F2NO4. The largest absolute Gasteiger partial charge is 0.496 e. The fourth-order valence-corrected chi connectivity index (χ4v) is 3.06. The highest BCUT2D eigenvalue weighted by Crippen LogP contribution is 2.34. The van der Waals surface area contributed by atoms with Crippen molar-refractivity contribution in [3.63, 3.8) is 0 Å². The van der Waals surface area contributed by atoms with Crippen LogP contribution in [0.4, 0.5) is 14.5 Å². The van der Waals surface area contributed by atoms with Crippen LogP contribution >= 0.6 is 0 Å². The Balaban J connectivity index is 1.93. The maximum atomic E-state index is 14.6. The molecule has 0 saturated carbocycles. The molecular weight excluding hydrogens is 356 g/mol. The van der Waals surface area contributed by atoms with E-state index < -0.39 is 36.2 Å². The highest BCUT2D eigenvalue weighted by molar-refractivity contribution is 6.09. The Bertz CT molecular complexity index is 1030. The van der Waals surface area contributed by atoms with Crippen LogP contribution in [0, 0.1) is 11.6 Å². The van der Waals surface area contributed by atoms with Crippen molar-refractivity contribution in [2.45, 2.75) is 19.3 Å². The lowest BCUT2D eigenvalue weighted by molar-refractivity contribution is -0.133. The van der Waals surface area contributed by atoms with Crippen molar-refractivity contribution >= 4 is 17.6 Å². The van der Waals surface area contributed by atoms with E-state index in [1.54, 1.807) is 6.07 Å². The van der Waals surface area contributed by atoms with Crippen molar-refractivity contribution in [1.82, 2.24) is 0 Å². The number of amides is 1. The van der Waals surface area contributed by atoms with Gasteiger partial charge in [0.2, 0.25) is 0 Å². The molecule has 0 aromatic heterocycles. The van der Waals surface area contributed by atoms with Crippen molar-refractivity contribution in [2.75, 3.05) is 12.4 Å². The summed E-state index contributed by atoms with van der Waals surface area (Å²) < 4.78 is 55.8. The number of hydrogen-bond acceptors (Lipinski definition) is 3. The molecule has 1 aliphatic rings. The van der Waals surface area contributed by atoms with E-state index in [2.05, 4.69) is 5.32 Å². The number of carboxylic acids is 1. The average molecular weight is 376 g/mol. The van der Waals surface area contributed by atoms with Gasteiger partial charge < -0.3 is 15.2 Å². The smallest absolute Gasteiger partial charge is 0.332 e. The molecule has 0 spiro atoms. The number of carbonyl (C=O) groups is 2. The summed E-state index contributed by atoms with van der Waals surface area (Å²) in [4.78, 5) is 23.5. The molecule has 0 heterocycles. The van der Waals surface area contributed by atoms with Gasteiger partial charge >= 0.3 is 5.97 Å². The summed E-state index contributed by atoms with van der Waals surface area (Å²) in [6.07, 6.45) is 0.880. The molecule has 1 aliphatic carbocycles. The number of hydrogen-bond donors (Lipinski definition) is 2. The average Bonchev–Trinajstić information content (AvgIpc) is 3.14. The van der Waals surface area contributed by atoms with Crippen LogP contribution in [-0.2, 0) is 9.59 Å². The number of aliphatic carboxylic acids is 1. The van der Waals surface area contributed by atoms with Crippen LogP contribution in [0.2, 0.25) is 0 Å². The molecule has 0 saturated heterocycles. The zero-order valence-electron chi connectivity index (χ0n) is 17.0. The molecule has 3 rings (SSSR count). The second-order valence-electron chi connectivity index (χ2n) is 5.98. The van der Waals surface area contributed by atoms with Gasteiger partial charge in [-0.3, -0.25) is 4.79 Å². The molecule has 27 heavy (non-hydrogen) atoms. The first kappa shape index (κ1) is 14.9. The molecule has 0 bridgehead atoms. The first-order valence-electron chi connectivity index (χ1n) is 9.61. The molecule has 0 atom stereocenters. The lowest BCUT2D eigenvalue weighted by atomic mass is 10.0. The highest BCUT2D eigenvalue weighted by Gasteiger charge is 2.26. The Hall–Kier alpha value is -3.22. The Morgan fingerprint density at radius 2 is 1.81 bits per heavy atom. The lowest BCUT2D eigenvalue weighted by Gasteiger charge is -2.13. The van der Waals surface area contributed by atoms with Gasteiger partial charge in [0, 0.05) is 16.7 Å². The zero-order chi connectivity index (χ0) is 22.1. The molecule has 5 nitrogen and oxygen atoms in total. The van der Waals surface area contributed by atoms with E-state index in [1.165, 1.54) is 18.2 Å². The number of halogens is 2. The minimum atomic E-state index is -2.75. The van der Waals surface area contributed by atoms with E-state index in [1.807, 2.05) is 0 Å². The molecule has 2 aromatic carbocycles. The molecule has 0 fully saturated rings. The third kappa shape index (κ3) is 3.67. The number of carbonyl (C=O) groups excluding carboxylic acids is 1. The number of anilines is 1. The molecule has 0 radical (unpaired) electrons. The second kappa shape index (κ2) is 7.57. The minimum Gasteiger partial charge on any atom is -0.496 e. The number of nitrogens with one attached hydrogen (secondary N) is 1. The van der Waals surface area contributed by atoms with Gasteiger partial charge in [-0.2, -0.15) is 0 Å². The summed E-state index contributed by atoms with van der Waals surface area (Å²) in [5, 5.41) is 11.2. The van der Waals surface area contributed by atoms with Crippen LogP contribution in [0.25, 0.3) is 11.1 Å². The fraction of sp³-hybridized carbons (Fsp3) is 0.200. The van der Waals surface area contributed by atoms with Crippen molar-refractivity contribution in [3.8, 4) is 16.9 Å². The number of para-hydroxylation sites is 1. The van der Waals surface area contributed by atoms with Gasteiger partial charge in [-0.25, -0.2) is 13.6 Å². The Labute approximate surface area is 158 Å². The van der Waals surface area contributed by atoms with Crippen LogP contribution in [0.3, 0.4) is 0 Å². The van der Waals surface area contributed by atoms with Crippen LogP contribution in [0.15, 0.2) is 47.5 Å². The first-order valence-corrected chi connectivity index (χ1v) is 8.11. The summed E-state index contributed by atoms with van der Waals surface area (Å²) in [6.45, 7) is 0. The predicted molar refractivity (Wildman–Crippen MR) is 95.5 cm³/mol. The topological polar surface area (TPSA) is 75.6 Å². The molecule has 2 N–H and O–H groups in total. The SMILES string of the molecule is [2H]C([2H])([2H])Oc1ccccc1-c1cc(F)c(NC(=O)C2=C(C(=O)O)CCC2)c(F)c1. The minimum absolute atomic E-state index is 0.00848. The van der Waals surface area contributed by atoms with E-state index in [4.69, 9.17) is 14.0 Å². The van der Waals surface area contributed by atoms with E-state index >= 15 is 0 Å². The van der Waals surface area contributed by atoms with Crippen LogP contribution < -0.4 is 10.1 Å².